The van der Waals surface area contributed by atoms with E-state index >= 15 is 0 Å². The van der Waals surface area contributed by atoms with Crippen LogP contribution < -0.4 is 4.74 Å². The molecule has 0 aliphatic heterocycles. The Hall–Kier alpha value is -0.813. The molecule has 5 heteroatoms. The zero-order valence-electron chi connectivity index (χ0n) is 12.5. The molecule has 1 aromatic heterocycles. The third kappa shape index (κ3) is 3.60. The molecule has 1 heterocycles. The summed E-state index contributed by atoms with van der Waals surface area (Å²) >= 11 is 0. The van der Waals surface area contributed by atoms with Gasteiger partial charge in [0.25, 0.3) is 0 Å². The van der Waals surface area contributed by atoms with E-state index < -0.39 is 8.32 Å². The second kappa shape index (κ2) is 5.67. The molecule has 0 amide bonds. The van der Waals surface area contributed by atoms with Crippen LogP contribution in [-0.2, 0) is 10.0 Å². The SMILES string of the molecule is CCOc1cnc(C2(O[Si](C)(C)C)CCCCC2)o1. The van der Waals surface area contributed by atoms with Crippen molar-refractivity contribution in [2.45, 2.75) is 64.3 Å². The van der Waals surface area contributed by atoms with Crippen LogP contribution in [0.25, 0.3) is 0 Å². The lowest BCUT2D eigenvalue weighted by Gasteiger charge is -2.39. The van der Waals surface area contributed by atoms with E-state index in [1.165, 1.54) is 19.3 Å². The highest BCUT2D eigenvalue weighted by Crippen LogP contribution is 2.42. The monoisotopic (exact) mass is 283 g/mol. The van der Waals surface area contributed by atoms with Gasteiger partial charge in [0.15, 0.2) is 8.32 Å². The highest BCUT2D eigenvalue weighted by atomic mass is 28.4. The van der Waals surface area contributed by atoms with Gasteiger partial charge in [0, 0.05) is 0 Å². The second-order valence-corrected chi connectivity index (χ2v) is 10.6. The van der Waals surface area contributed by atoms with Crippen LogP contribution >= 0.6 is 0 Å². The Morgan fingerprint density at radius 1 is 1.26 bits per heavy atom. The van der Waals surface area contributed by atoms with Gasteiger partial charge in [0.1, 0.15) is 11.8 Å². The molecule has 0 spiro atoms. The molecule has 0 atom stereocenters. The number of rotatable bonds is 5. The molecule has 4 nitrogen and oxygen atoms in total. The third-order valence-corrected chi connectivity index (χ3v) is 4.33. The predicted molar refractivity (Wildman–Crippen MR) is 76.9 cm³/mol. The van der Waals surface area contributed by atoms with Crippen molar-refractivity contribution in [2.75, 3.05) is 6.61 Å². The van der Waals surface area contributed by atoms with Gasteiger partial charge in [-0.2, -0.15) is 0 Å². The number of ether oxygens (including phenoxy) is 1. The Labute approximate surface area is 116 Å². The predicted octanol–water partition coefficient (Wildman–Crippen LogP) is 4.08. The van der Waals surface area contributed by atoms with Crippen LogP contribution in [0.2, 0.25) is 19.6 Å². The molecule has 1 aromatic rings. The number of aromatic nitrogens is 1. The van der Waals surface area contributed by atoms with Crippen molar-refractivity contribution in [3.63, 3.8) is 0 Å². The van der Waals surface area contributed by atoms with E-state index in [1.807, 2.05) is 6.92 Å². The van der Waals surface area contributed by atoms with E-state index in [4.69, 9.17) is 13.6 Å². The summed E-state index contributed by atoms with van der Waals surface area (Å²) in [6.07, 6.45) is 7.30. The third-order valence-electron chi connectivity index (χ3n) is 3.32. The normalized spacial score (nSPS) is 19.4. The molecule has 19 heavy (non-hydrogen) atoms. The Morgan fingerprint density at radius 2 is 1.95 bits per heavy atom. The van der Waals surface area contributed by atoms with Crippen LogP contribution in [0, 0.1) is 0 Å². The molecule has 0 radical (unpaired) electrons. The first-order valence-electron chi connectivity index (χ1n) is 7.24. The number of hydrogen-bond acceptors (Lipinski definition) is 4. The first-order valence-corrected chi connectivity index (χ1v) is 10.7. The molecule has 0 N–H and O–H groups in total. The van der Waals surface area contributed by atoms with Gasteiger partial charge >= 0.3 is 5.95 Å². The van der Waals surface area contributed by atoms with E-state index in [-0.39, 0.29) is 5.60 Å². The molecule has 1 fully saturated rings. The topological polar surface area (TPSA) is 44.5 Å². The minimum Gasteiger partial charge on any atom is -0.464 e. The fourth-order valence-electron chi connectivity index (χ4n) is 2.75. The fraction of sp³-hybridized carbons (Fsp3) is 0.786. The van der Waals surface area contributed by atoms with E-state index in [0.717, 1.165) is 12.8 Å². The van der Waals surface area contributed by atoms with Crippen molar-refractivity contribution >= 4 is 8.32 Å². The van der Waals surface area contributed by atoms with E-state index in [1.54, 1.807) is 6.20 Å². The summed E-state index contributed by atoms with van der Waals surface area (Å²) in [5, 5.41) is 0. The second-order valence-electron chi connectivity index (χ2n) is 6.19. The molecule has 108 valence electrons. The number of oxazole rings is 1. The first-order chi connectivity index (χ1) is 8.95. The smallest absolute Gasteiger partial charge is 0.305 e. The minimum atomic E-state index is -1.65. The largest absolute Gasteiger partial charge is 0.464 e. The average molecular weight is 283 g/mol. The lowest BCUT2D eigenvalue weighted by Crippen LogP contribution is -2.42. The molecule has 1 saturated carbocycles. The summed E-state index contributed by atoms with van der Waals surface area (Å²) in [4.78, 5) is 4.42. The van der Waals surface area contributed by atoms with Crippen molar-refractivity contribution in [1.29, 1.82) is 0 Å². The molecular formula is C14H25NO3Si. The molecule has 0 bridgehead atoms. The summed E-state index contributed by atoms with van der Waals surface area (Å²) in [5.74, 6) is 1.21. The molecule has 1 aliphatic rings. The van der Waals surface area contributed by atoms with Crippen LogP contribution in [0.1, 0.15) is 44.9 Å². The van der Waals surface area contributed by atoms with Gasteiger partial charge in [-0.15, -0.1) is 0 Å². The van der Waals surface area contributed by atoms with Gasteiger partial charge < -0.3 is 13.6 Å². The van der Waals surface area contributed by atoms with Gasteiger partial charge in [-0.3, -0.25) is 0 Å². The van der Waals surface area contributed by atoms with E-state index in [2.05, 4.69) is 24.6 Å². The Kier molecular flexibility index (Phi) is 4.35. The molecule has 0 saturated heterocycles. The lowest BCUT2D eigenvalue weighted by molar-refractivity contribution is -0.00891. The maximum absolute atomic E-state index is 6.47. The Bertz CT molecular complexity index is 405. The zero-order chi connectivity index (χ0) is 13.9. The Balaban J connectivity index is 2.25. The quantitative estimate of drug-likeness (QED) is 0.764. The highest BCUT2D eigenvalue weighted by Gasteiger charge is 2.42. The molecular weight excluding hydrogens is 258 g/mol. The summed E-state index contributed by atoms with van der Waals surface area (Å²) in [6, 6.07) is 0. The summed E-state index contributed by atoms with van der Waals surface area (Å²) in [6.45, 7) is 9.19. The van der Waals surface area contributed by atoms with Crippen LogP contribution in [0.5, 0.6) is 5.95 Å². The number of hydrogen-bond donors (Lipinski definition) is 0. The van der Waals surface area contributed by atoms with Crippen LogP contribution in [-0.4, -0.2) is 19.9 Å². The summed E-state index contributed by atoms with van der Waals surface area (Å²) in [7, 11) is -1.65. The van der Waals surface area contributed by atoms with Crippen LogP contribution in [0.4, 0.5) is 0 Å². The van der Waals surface area contributed by atoms with Crippen molar-refractivity contribution in [3.8, 4) is 5.95 Å². The lowest BCUT2D eigenvalue weighted by atomic mass is 9.85. The molecule has 0 aromatic carbocycles. The van der Waals surface area contributed by atoms with Gasteiger partial charge in [0.2, 0.25) is 5.89 Å². The van der Waals surface area contributed by atoms with Gasteiger partial charge in [-0.05, 0) is 39.4 Å². The van der Waals surface area contributed by atoms with Crippen LogP contribution in [0.3, 0.4) is 0 Å². The van der Waals surface area contributed by atoms with Crippen molar-refractivity contribution in [1.82, 2.24) is 4.98 Å². The van der Waals surface area contributed by atoms with E-state index in [9.17, 15) is 0 Å². The van der Waals surface area contributed by atoms with Gasteiger partial charge in [-0.25, -0.2) is 4.98 Å². The summed E-state index contributed by atoms with van der Waals surface area (Å²) in [5.41, 5.74) is -0.321. The highest BCUT2D eigenvalue weighted by molar-refractivity contribution is 6.69. The van der Waals surface area contributed by atoms with Gasteiger partial charge in [-0.1, -0.05) is 19.3 Å². The van der Waals surface area contributed by atoms with Crippen molar-refractivity contribution in [3.05, 3.63) is 12.1 Å². The fourth-order valence-corrected chi connectivity index (χ4v) is 4.21. The molecule has 2 rings (SSSR count). The first kappa shape index (κ1) is 14.6. The maximum atomic E-state index is 6.47. The van der Waals surface area contributed by atoms with Gasteiger partial charge in [0.05, 0.1) is 6.61 Å². The zero-order valence-corrected chi connectivity index (χ0v) is 13.5. The molecule has 0 unspecified atom stereocenters. The average Bonchev–Trinajstić information content (AvgIpc) is 2.78. The number of nitrogens with zero attached hydrogens (tertiary/aromatic N) is 1. The Morgan fingerprint density at radius 3 is 2.53 bits per heavy atom. The standard InChI is InChI=1S/C14H25NO3Si/c1-5-16-12-11-15-13(17-12)14(18-19(2,3)4)9-7-6-8-10-14/h11H,5-10H2,1-4H3. The summed E-state index contributed by atoms with van der Waals surface area (Å²) < 4.78 is 17.6. The maximum Gasteiger partial charge on any atom is 0.305 e. The molecule has 1 aliphatic carbocycles. The minimum absolute atomic E-state index is 0.321. The van der Waals surface area contributed by atoms with Crippen molar-refractivity contribution in [2.24, 2.45) is 0 Å². The van der Waals surface area contributed by atoms with E-state index in [0.29, 0.717) is 18.4 Å². The van der Waals surface area contributed by atoms with Crippen molar-refractivity contribution < 1.29 is 13.6 Å². The van der Waals surface area contributed by atoms with Crippen LogP contribution in [0.15, 0.2) is 10.6 Å².